The molecule has 1 amide bonds. The molecular weight excluding hydrogens is 272 g/mol. The van der Waals surface area contributed by atoms with Crippen molar-refractivity contribution in [2.75, 3.05) is 26.2 Å². The third kappa shape index (κ3) is 4.50. The van der Waals surface area contributed by atoms with Crippen LogP contribution in [0.2, 0.25) is 5.02 Å². The molecule has 0 aliphatic carbocycles. The maximum absolute atomic E-state index is 11.9. The van der Waals surface area contributed by atoms with Crippen molar-refractivity contribution in [1.29, 1.82) is 0 Å². The quantitative estimate of drug-likeness (QED) is 0.851. The van der Waals surface area contributed by atoms with Crippen molar-refractivity contribution in [2.24, 2.45) is 0 Å². The highest BCUT2D eigenvalue weighted by Gasteiger charge is 2.18. The Hall–Kier alpha value is -1.06. The van der Waals surface area contributed by atoms with Crippen molar-refractivity contribution in [1.82, 2.24) is 9.80 Å². The van der Waals surface area contributed by atoms with Gasteiger partial charge in [-0.05, 0) is 30.5 Å². The number of carbonyl (C=O) groups excluding carboxylic acids is 1. The van der Waals surface area contributed by atoms with Crippen LogP contribution in [0.5, 0.6) is 0 Å². The van der Waals surface area contributed by atoms with Gasteiger partial charge in [0.05, 0.1) is 0 Å². The second-order valence-electron chi connectivity index (χ2n) is 5.39. The highest BCUT2D eigenvalue weighted by Crippen LogP contribution is 2.13. The van der Waals surface area contributed by atoms with Gasteiger partial charge in [0, 0.05) is 44.2 Å². The van der Waals surface area contributed by atoms with Gasteiger partial charge in [-0.1, -0.05) is 30.7 Å². The van der Waals surface area contributed by atoms with Crippen molar-refractivity contribution in [3.8, 4) is 0 Å². The van der Waals surface area contributed by atoms with Gasteiger partial charge in [-0.15, -0.1) is 0 Å². The van der Waals surface area contributed by atoms with E-state index >= 15 is 0 Å². The van der Waals surface area contributed by atoms with E-state index < -0.39 is 0 Å². The summed E-state index contributed by atoms with van der Waals surface area (Å²) in [6.07, 6.45) is 2.67. The number of halogens is 1. The van der Waals surface area contributed by atoms with E-state index in [0.29, 0.717) is 12.3 Å². The summed E-state index contributed by atoms with van der Waals surface area (Å²) >= 11 is 5.91. The number of carbonyl (C=O) groups is 1. The average Bonchev–Trinajstić information content (AvgIpc) is 2.67. The van der Waals surface area contributed by atoms with E-state index in [-0.39, 0.29) is 0 Å². The lowest BCUT2D eigenvalue weighted by Crippen LogP contribution is -2.34. The molecule has 20 heavy (non-hydrogen) atoms. The van der Waals surface area contributed by atoms with Gasteiger partial charge in [-0.25, -0.2) is 0 Å². The Morgan fingerprint density at radius 2 is 1.90 bits per heavy atom. The van der Waals surface area contributed by atoms with Gasteiger partial charge in [-0.2, -0.15) is 0 Å². The third-order valence-electron chi connectivity index (χ3n) is 3.72. The summed E-state index contributed by atoms with van der Waals surface area (Å²) < 4.78 is 0. The van der Waals surface area contributed by atoms with Crippen LogP contribution in [-0.4, -0.2) is 41.9 Å². The summed E-state index contributed by atoms with van der Waals surface area (Å²) in [5.74, 6) is 0.306. The second kappa shape index (κ2) is 7.65. The molecule has 0 atom stereocenters. The topological polar surface area (TPSA) is 23.6 Å². The molecule has 1 saturated heterocycles. The molecule has 0 radical (unpaired) electrons. The molecule has 1 aliphatic heterocycles. The molecule has 1 heterocycles. The van der Waals surface area contributed by atoms with Crippen molar-refractivity contribution >= 4 is 17.5 Å². The van der Waals surface area contributed by atoms with Crippen molar-refractivity contribution in [2.45, 2.75) is 32.7 Å². The lowest BCUT2D eigenvalue weighted by Gasteiger charge is -2.22. The average molecular weight is 295 g/mol. The zero-order valence-corrected chi connectivity index (χ0v) is 12.9. The van der Waals surface area contributed by atoms with E-state index in [1.165, 1.54) is 5.56 Å². The molecule has 3 nitrogen and oxygen atoms in total. The number of rotatable bonds is 4. The van der Waals surface area contributed by atoms with Crippen LogP contribution >= 0.6 is 11.6 Å². The Morgan fingerprint density at radius 1 is 1.15 bits per heavy atom. The lowest BCUT2D eigenvalue weighted by molar-refractivity contribution is -0.131. The first-order chi connectivity index (χ1) is 9.69. The monoisotopic (exact) mass is 294 g/mol. The normalized spacial score (nSPS) is 17.0. The number of hydrogen-bond acceptors (Lipinski definition) is 2. The molecule has 0 saturated carbocycles. The third-order valence-corrected chi connectivity index (χ3v) is 3.98. The Bertz CT molecular complexity index is 433. The summed E-state index contributed by atoms with van der Waals surface area (Å²) in [6.45, 7) is 6.76. The zero-order chi connectivity index (χ0) is 14.4. The summed E-state index contributed by atoms with van der Waals surface area (Å²) in [7, 11) is 0. The predicted molar refractivity (Wildman–Crippen MR) is 82.8 cm³/mol. The molecule has 4 heteroatoms. The SMILES string of the molecule is CCCC(=O)N1CCCN(Cc2ccc(Cl)cc2)CC1. The van der Waals surface area contributed by atoms with Crippen LogP contribution in [-0.2, 0) is 11.3 Å². The summed E-state index contributed by atoms with van der Waals surface area (Å²) in [5, 5.41) is 0.779. The van der Waals surface area contributed by atoms with Crippen LogP contribution < -0.4 is 0 Å². The van der Waals surface area contributed by atoms with Gasteiger partial charge in [-0.3, -0.25) is 9.69 Å². The Morgan fingerprint density at radius 3 is 2.60 bits per heavy atom. The van der Waals surface area contributed by atoms with Crippen molar-refractivity contribution < 1.29 is 4.79 Å². The molecule has 0 bridgehead atoms. The standard InChI is InChI=1S/C16H23ClN2O/c1-2-4-16(20)19-10-3-9-18(11-12-19)13-14-5-7-15(17)8-6-14/h5-8H,2-4,9-13H2,1H3. The Kier molecular flexibility index (Phi) is 5.86. The number of hydrogen-bond donors (Lipinski definition) is 0. The number of amides is 1. The number of benzene rings is 1. The molecule has 0 spiro atoms. The molecular formula is C16H23ClN2O. The lowest BCUT2D eigenvalue weighted by atomic mass is 10.2. The van der Waals surface area contributed by atoms with Crippen LogP contribution in [0.25, 0.3) is 0 Å². The Balaban J connectivity index is 1.86. The highest BCUT2D eigenvalue weighted by atomic mass is 35.5. The fraction of sp³-hybridized carbons (Fsp3) is 0.562. The molecule has 1 aromatic carbocycles. The molecule has 0 aromatic heterocycles. The molecule has 1 aliphatic rings. The largest absolute Gasteiger partial charge is 0.341 e. The predicted octanol–water partition coefficient (Wildman–Crippen LogP) is 3.17. The van der Waals surface area contributed by atoms with Gasteiger partial charge in [0.2, 0.25) is 5.91 Å². The number of nitrogens with zero attached hydrogens (tertiary/aromatic N) is 2. The van der Waals surface area contributed by atoms with E-state index in [4.69, 9.17) is 11.6 Å². The minimum Gasteiger partial charge on any atom is -0.341 e. The molecule has 2 rings (SSSR count). The van der Waals surface area contributed by atoms with Gasteiger partial charge in [0.25, 0.3) is 0 Å². The minimum absolute atomic E-state index is 0.306. The van der Waals surface area contributed by atoms with Crippen LogP contribution in [0.1, 0.15) is 31.7 Å². The summed E-state index contributed by atoms with van der Waals surface area (Å²) in [5.41, 5.74) is 1.28. The second-order valence-corrected chi connectivity index (χ2v) is 5.82. The first-order valence-electron chi connectivity index (χ1n) is 7.43. The fourth-order valence-electron chi connectivity index (χ4n) is 2.60. The molecule has 1 fully saturated rings. The van der Waals surface area contributed by atoms with Gasteiger partial charge in [0.15, 0.2) is 0 Å². The summed E-state index contributed by atoms with van der Waals surface area (Å²) in [6, 6.07) is 8.03. The van der Waals surface area contributed by atoms with Gasteiger partial charge < -0.3 is 4.90 Å². The minimum atomic E-state index is 0.306. The van der Waals surface area contributed by atoms with E-state index in [9.17, 15) is 4.79 Å². The Labute approximate surface area is 126 Å². The molecule has 110 valence electrons. The summed E-state index contributed by atoms with van der Waals surface area (Å²) in [4.78, 5) is 16.4. The molecule has 0 unspecified atom stereocenters. The molecule has 1 aromatic rings. The van der Waals surface area contributed by atoms with Crippen LogP contribution in [0.4, 0.5) is 0 Å². The maximum Gasteiger partial charge on any atom is 0.222 e. The molecule has 0 N–H and O–H groups in total. The van der Waals surface area contributed by atoms with Crippen molar-refractivity contribution in [3.05, 3.63) is 34.9 Å². The van der Waals surface area contributed by atoms with Crippen LogP contribution in [0, 0.1) is 0 Å². The van der Waals surface area contributed by atoms with Crippen molar-refractivity contribution in [3.63, 3.8) is 0 Å². The fourth-order valence-corrected chi connectivity index (χ4v) is 2.72. The van der Waals surface area contributed by atoms with Gasteiger partial charge in [0.1, 0.15) is 0 Å². The van der Waals surface area contributed by atoms with E-state index in [1.807, 2.05) is 17.0 Å². The van der Waals surface area contributed by atoms with Crippen LogP contribution in [0.3, 0.4) is 0 Å². The van der Waals surface area contributed by atoms with E-state index in [2.05, 4.69) is 24.0 Å². The van der Waals surface area contributed by atoms with E-state index in [1.54, 1.807) is 0 Å². The maximum atomic E-state index is 11.9. The van der Waals surface area contributed by atoms with E-state index in [0.717, 1.165) is 50.6 Å². The first-order valence-corrected chi connectivity index (χ1v) is 7.81. The van der Waals surface area contributed by atoms with Crippen LogP contribution in [0.15, 0.2) is 24.3 Å². The first kappa shape index (κ1) is 15.3. The zero-order valence-electron chi connectivity index (χ0n) is 12.1. The smallest absolute Gasteiger partial charge is 0.222 e. The highest BCUT2D eigenvalue weighted by molar-refractivity contribution is 6.30. The van der Waals surface area contributed by atoms with Gasteiger partial charge >= 0.3 is 0 Å².